The molecule has 1 amide bonds. The van der Waals surface area contributed by atoms with Crippen molar-refractivity contribution in [1.82, 2.24) is 10.2 Å². The van der Waals surface area contributed by atoms with Crippen LogP contribution in [0.5, 0.6) is 11.5 Å². The summed E-state index contributed by atoms with van der Waals surface area (Å²) in [5.74, 6) is 2.73. The van der Waals surface area contributed by atoms with Gasteiger partial charge in [-0.15, -0.1) is 12.4 Å². The maximum absolute atomic E-state index is 12.4. The molecule has 0 aliphatic carbocycles. The zero-order chi connectivity index (χ0) is 17.4. The van der Waals surface area contributed by atoms with Crippen molar-refractivity contribution in [3.8, 4) is 11.5 Å². The van der Waals surface area contributed by atoms with Crippen molar-refractivity contribution in [3.05, 3.63) is 24.3 Å². The molecule has 1 aliphatic heterocycles. The number of benzene rings is 1. The largest absolute Gasteiger partial charge is 0.493 e. The van der Waals surface area contributed by atoms with Crippen LogP contribution in [0.1, 0.15) is 26.2 Å². The molecule has 6 heteroatoms. The summed E-state index contributed by atoms with van der Waals surface area (Å²) in [4.78, 5) is 14.2. The van der Waals surface area contributed by atoms with Gasteiger partial charge in [-0.1, -0.05) is 19.1 Å². The highest BCUT2D eigenvalue weighted by atomic mass is 35.5. The predicted molar refractivity (Wildman–Crippen MR) is 103 cm³/mol. The summed E-state index contributed by atoms with van der Waals surface area (Å²) < 4.78 is 11.0. The normalized spacial score (nSPS) is 15.8. The Morgan fingerprint density at radius 1 is 1.28 bits per heavy atom. The van der Waals surface area contributed by atoms with Crippen molar-refractivity contribution in [1.29, 1.82) is 0 Å². The number of likely N-dealkylation sites (N-methyl/N-ethyl adjacent to an activating group) is 1. The second-order valence-corrected chi connectivity index (χ2v) is 6.58. The van der Waals surface area contributed by atoms with Gasteiger partial charge < -0.3 is 19.7 Å². The maximum Gasteiger partial charge on any atom is 0.222 e. The van der Waals surface area contributed by atoms with E-state index >= 15 is 0 Å². The fourth-order valence-electron chi connectivity index (χ4n) is 3.17. The van der Waals surface area contributed by atoms with Gasteiger partial charge in [0.05, 0.1) is 13.7 Å². The van der Waals surface area contributed by atoms with Crippen molar-refractivity contribution in [3.63, 3.8) is 0 Å². The summed E-state index contributed by atoms with van der Waals surface area (Å²) >= 11 is 0. The zero-order valence-corrected chi connectivity index (χ0v) is 16.3. The number of amides is 1. The van der Waals surface area contributed by atoms with E-state index in [1.807, 2.05) is 31.3 Å². The van der Waals surface area contributed by atoms with Gasteiger partial charge in [0, 0.05) is 13.5 Å². The summed E-state index contributed by atoms with van der Waals surface area (Å²) in [7, 11) is 3.48. The highest BCUT2D eigenvalue weighted by Gasteiger charge is 2.23. The second-order valence-electron chi connectivity index (χ2n) is 6.58. The molecule has 1 atom stereocenters. The molecule has 0 saturated carbocycles. The van der Waals surface area contributed by atoms with Crippen LogP contribution in [-0.4, -0.2) is 51.2 Å². The average Bonchev–Trinajstić information content (AvgIpc) is 2.62. The van der Waals surface area contributed by atoms with Gasteiger partial charge in [-0.25, -0.2) is 0 Å². The van der Waals surface area contributed by atoms with E-state index in [0.29, 0.717) is 42.9 Å². The van der Waals surface area contributed by atoms with Crippen LogP contribution in [0.4, 0.5) is 0 Å². The number of halogens is 1. The van der Waals surface area contributed by atoms with E-state index in [0.717, 1.165) is 13.1 Å². The average molecular weight is 371 g/mol. The highest BCUT2D eigenvalue weighted by Crippen LogP contribution is 2.26. The number of hydrogen-bond acceptors (Lipinski definition) is 4. The maximum atomic E-state index is 12.4. The molecule has 0 aromatic heterocycles. The minimum Gasteiger partial charge on any atom is -0.493 e. The molecule has 1 unspecified atom stereocenters. The van der Waals surface area contributed by atoms with Gasteiger partial charge in [-0.05, 0) is 49.9 Å². The van der Waals surface area contributed by atoms with Gasteiger partial charge in [-0.2, -0.15) is 0 Å². The number of methoxy groups -OCH3 is 1. The van der Waals surface area contributed by atoms with E-state index in [-0.39, 0.29) is 18.3 Å². The third kappa shape index (κ3) is 6.75. The summed E-state index contributed by atoms with van der Waals surface area (Å²) in [5.41, 5.74) is 0. The quantitative estimate of drug-likeness (QED) is 0.764. The smallest absolute Gasteiger partial charge is 0.222 e. The lowest BCUT2D eigenvalue weighted by Gasteiger charge is -2.29. The second kappa shape index (κ2) is 11.2. The first-order valence-corrected chi connectivity index (χ1v) is 8.82. The topological polar surface area (TPSA) is 50.8 Å². The first kappa shape index (κ1) is 21.6. The lowest BCUT2D eigenvalue weighted by molar-refractivity contribution is -0.131. The lowest BCUT2D eigenvalue weighted by Crippen LogP contribution is -2.35. The molecule has 2 rings (SSSR count). The van der Waals surface area contributed by atoms with E-state index in [1.54, 1.807) is 12.0 Å². The zero-order valence-electron chi connectivity index (χ0n) is 15.5. The summed E-state index contributed by atoms with van der Waals surface area (Å²) in [6.45, 7) is 5.39. The molecule has 0 bridgehead atoms. The Labute approximate surface area is 157 Å². The van der Waals surface area contributed by atoms with E-state index < -0.39 is 0 Å². The number of hydrogen-bond donors (Lipinski definition) is 1. The molecule has 1 fully saturated rings. The van der Waals surface area contributed by atoms with Crippen molar-refractivity contribution in [2.24, 2.45) is 11.8 Å². The third-order valence-corrected chi connectivity index (χ3v) is 4.86. The van der Waals surface area contributed by atoms with Gasteiger partial charge >= 0.3 is 0 Å². The number of nitrogens with one attached hydrogen (secondary N) is 1. The van der Waals surface area contributed by atoms with Crippen LogP contribution in [0.15, 0.2) is 24.3 Å². The molecular weight excluding hydrogens is 340 g/mol. The number of piperidine rings is 1. The third-order valence-electron chi connectivity index (χ3n) is 4.86. The fourth-order valence-corrected chi connectivity index (χ4v) is 3.17. The van der Waals surface area contributed by atoms with Gasteiger partial charge in [0.2, 0.25) is 5.91 Å². The number of nitrogens with zero attached hydrogens (tertiary/aromatic N) is 1. The minimum atomic E-state index is 0. The van der Waals surface area contributed by atoms with Crippen LogP contribution in [0.2, 0.25) is 0 Å². The van der Waals surface area contributed by atoms with Crippen molar-refractivity contribution >= 4 is 18.3 Å². The summed E-state index contributed by atoms with van der Waals surface area (Å²) in [6, 6.07) is 7.56. The Hall–Kier alpha value is -1.46. The van der Waals surface area contributed by atoms with E-state index in [1.165, 1.54) is 12.8 Å². The molecule has 1 heterocycles. The van der Waals surface area contributed by atoms with Gasteiger partial charge in [0.25, 0.3) is 0 Å². The van der Waals surface area contributed by atoms with Gasteiger partial charge in [0.1, 0.15) is 6.61 Å². The SMILES string of the molecule is COc1ccccc1OCCN(C)C(=O)CC(C)C1CCNCC1.Cl. The Kier molecular flexibility index (Phi) is 9.68. The van der Waals surface area contributed by atoms with Crippen LogP contribution in [-0.2, 0) is 4.79 Å². The number of carbonyl (C=O) groups excluding carboxylic acids is 1. The van der Waals surface area contributed by atoms with Gasteiger partial charge in [0.15, 0.2) is 11.5 Å². The number of carbonyl (C=O) groups is 1. The van der Waals surface area contributed by atoms with Crippen LogP contribution in [0, 0.1) is 11.8 Å². The molecule has 0 radical (unpaired) electrons. The Morgan fingerprint density at radius 2 is 1.92 bits per heavy atom. The summed E-state index contributed by atoms with van der Waals surface area (Å²) in [6.07, 6.45) is 2.97. The van der Waals surface area contributed by atoms with Crippen molar-refractivity contribution < 1.29 is 14.3 Å². The summed E-state index contributed by atoms with van der Waals surface area (Å²) in [5, 5.41) is 3.38. The predicted octanol–water partition coefficient (Wildman–Crippen LogP) is 2.98. The lowest BCUT2D eigenvalue weighted by atomic mass is 9.84. The Morgan fingerprint density at radius 3 is 2.56 bits per heavy atom. The van der Waals surface area contributed by atoms with Crippen LogP contribution in [0.25, 0.3) is 0 Å². The Bertz CT molecular complexity index is 521. The van der Waals surface area contributed by atoms with Gasteiger partial charge in [-0.3, -0.25) is 4.79 Å². The standard InChI is InChI=1S/C19H30N2O3.ClH/c1-15(16-8-10-20-11-9-16)14-19(22)21(2)12-13-24-18-7-5-4-6-17(18)23-3;/h4-7,15-16,20H,8-14H2,1-3H3;1H. The minimum absolute atomic E-state index is 0. The number of rotatable bonds is 8. The van der Waals surface area contributed by atoms with E-state index in [2.05, 4.69) is 12.2 Å². The molecule has 1 N–H and O–H groups in total. The molecule has 5 nitrogen and oxygen atoms in total. The first-order chi connectivity index (χ1) is 11.6. The number of para-hydroxylation sites is 2. The molecule has 1 aromatic carbocycles. The monoisotopic (exact) mass is 370 g/mol. The molecule has 0 spiro atoms. The van der Waals surface area contributed by atoms with E-state index in [9.17, 15) is 4.79 Å². The molecule has 142 valence electrons. The highest BCUT2D eigenvalue weighted by molar-refractivity contribution is 5.85. The molecule has 1 aromatic rings. The molecule has 25 heavy (non-hydrogen) atoms. The first-order valence-electron chi connectivity index (χ1n) is 8.82. The van der Waals surface area contributed by atoms with Crippen LogP contribution < -0.4 is 14.8 Å². The Balaban J connectivity index is 0.00000312. The fraction of sp³-hybridized carbons (Fsp3) is 0.632. The van der Waals surface area contributed by atoms with Crippen molar-refractivity contribution in [2.75, 3.05) is 40.4 Å². The van der Waals surface area contributed by atoms with Crippen molar-refractivity contribution in [2.45, 2.75) is 26.2 Å². The van der Waals surface area contributed by atoms with Crippen LogP contribution >= 0.6 is 12.4 Å². The molecular formula is C19H31ClN2O3. The molecule has 1 aliphatic rings. The van der Waals surface area contributed by atoms with E-state index in [4.69, 9.17) is 9.47 Å². The van der Waals surface area contributed by atoms with Crippen LogP contribution in [0.3, 0.4) is 0 Å². The molecule has 1 saturated heterocycles. The number of ether oxygens (including phenoxy) is 2.